The Bertz CT molecular complexity index is 186. The molecule has 0 aromatic rings. The van der Waals surface area contributed by atoms with E-state index in [1.807, 2.05) is 27.7 Å². The molecule has 18 heavy (non-hydrogen) atoms. The van der Waals surface area contributed by atoms with Crippen molar-refractivity contribution in [1.82, 2.24) is 0 Å². The molecule has 0 saturated heterocycles. The van der Waals surface area contributed by atoms with Gasteiger partial charge in [-0.2, -0.15) is 0 Å². The van der Waals surface area contributed by atoms with Crippen LogP contribution in [0.4, 0.5) is 0 Å². The summed E-state index contributed by atoms with van der Waals surface area (Å²) in [6.07, 6.45) is 3.05. The van der Waals surface area contributed by atoms with Gasteiger partial charge in [0, 0.05) is 31.4 Å². The van der Waals surface area contributed by atoms with Crippen LogP contribution < -0.4 is 5.73 Å². The average Bonchev–Trinajstić information content (AvgIpc) is 2.29. The van der Waals surface area contributed by atoms with E-state index in [-0.39, 0.29) is 6.04 Å². The van der Waals surface area contributed by atoms with Crippen LogP contribution in [0.25, 0.3) is 0 Å². The van der Waals surface area contributed by atoms with Gasteiger partial charge in [-0.1, -0.05) is 13.3 Å². The molecule has 0 fully saturated rings. The van der Waals surface area contributed by atoms with Crippen LogP contribution in [0.1, 0.15) is 53.9 Å². The third-order valence-electron chi connectivity index (χ3n) is 2.83. The Morgan fingerprint density at radius 3 is 1.67 bits per heavy atom. The van der Waals surface area contributed by atoms with E-state index in [0.717, 1.165) is 19.3 Å². The highest BCUT2D eigenvalue weighted by molar-refractivity contribution is 6.62. The van der Waals surface area contributed by atoms with Crippen LogP contribution in [0.5, 0.6) is 0 Å². The quantitative estimate of drug-likeness (QED) is 0.590. The van der Waals surface area contributed by atoms with E-state index in [9.17, 15) is 0 Å². The van der Waals surface area contributed by atoms with Gasteiger partial charge in [0.15, 0.2) is 0 Å². The molecule has 0 bridgehead atoms. The second kappa shape index (κ2) is 9.92. The molecule has 2 atom stereocenters. The van der Waals surface area contributed by atoms with Gasteiger partial charge < -0.3 is 19.0 Å². The molecule has 0 amide bonds. The molecule has 2 unspecified atom stereocenters. The minimum Gasteiger partial charge on any atom is -0.374 e. The molecule has 4 nitrogen and oxygen atoms in total. The standard InChI is InChI=1S/C13H31NO3Si/c1-6-10-13(11-12(5)14)18(15-7-2,16-8-3)17-9-4/h12-13H,6-11,14H2,1-5H3. The van der Waals surface area contributed by atoms with Gasteiger partial charge in [-0.3, -0.25) is 0 Å². The van der Waals surface area contributed by atoms with Crippen LogP contribution >= 0.6 is 0 Å². The Hall–Kier alpha value is 0.0569. The van der Waals surface area contributed by atoms with Crippen molar-refractivity contribution in [2.45, 2.75) is 65.5 Å². The molecule has 0 rings (SSSR count). The van der Waals surface area contributed by atoms with Crippen LogP contribution in [-0.2, 0) is 13.3 Å². The molecule has 5 heteroatoms. The zero-order valence-electron chi connectivity index (χ0n) is 12.7. The summed E-state index contributed by atoms with van der Waals surface area (Å²) in [6, 6.07) is 0.148. The summed E-state index contributed by atoms with van der Waals surface area (Å²) in [6.45, 7) is 12.1. The first kappa shape index (κ1) is 18.1. The van der Waals surface area contributed by atoms with Gasteiger partial charge in [-0.15, -0.1) is 0 Å². The molecule has 0 heterocycles. The molecular weight excluding hydrogens is 246 g/mol. The Morgan fingerprint density at radius 2 is 1.39 bits per heavy atom. The van der Waals surface area contributed by atoms with Crippen molar-refractivity contribution in [3.63, 3.8) is 0 Å². The predicted molar refractivity (Wildman–Crippen MR) is 77.6 cm³/mol. The Balaban J connectivity index is 5.00. The van der Waals surface area contributed by atoms with Gasteiger partial charge in [0.05, 0.1) is 0 Å². The predicted octanol–water partition coefficient (Wildman–Crippen LogP) is 2.94. The molecule has 110 valence electrons. The maximum atomic E-state index is 5.96. The summed E-state index contributed by atoms with van der Waals surface area (Å²) in [7, 11) is -2.59. The lowest BCUT2D eigenvalue weighted by Gasteiger charge is -2.36. The fourth-order valence-electron chi connectivity index (χ4n) is 2.32. The molecular formula is C13H31NO3Si. The molecule has 0 saturated carbocycles. The van der Waals surface area contributed by atoms with E-state index >= 15 is 0 Å². The number of nitrogens with two attached hydrogens (primary N) is 1. The lowest BCUT2D eigenvalue weighted by molar-refractivity contribution is 0.0578. The SMILES string of the molecule is CCCC(CC(C)N)[Si](OCC)(OCC)OCC. The second-order valence-electron chi connectivity index (χ2n) is 4.60. The van der Waals surface area contributed by atoms with E-state index in [2.05, 4.69) is 6.92 Å². The zero-order chi connectivity index (χ0) is 14.0. The Morgan fingerprint density at radius 1 is 0.944 bits per heavy atom. The highest BCUT2D eigenvalue weighted by atomic mass is 28.4. The largest absolute Gasteiger partial charge is 0.504 e. The first-order valence-corrected chi connectivity index (χ1v) is 9.03. The van der Waals surface area contributed by atoms with E-state index in [4.69, 9.17) is 19.0 Å². The first-order chi connectivity index (χ1) is 8.56. The van der Waals surface area contributed by atoms with E-state index in [1.54, 1.807) is 0 Å². The second-order valence-corrected chi connectivity index (χ2v) is 7.49. The Labute approximate surface area is 114 Å². The zero-order valence-corrected chi connectivity index (χ0v) is 13.7. The maximum Gasteiger partial charge on any atom is 0.504 e. The van der Waals surface area contributed by atoms with Crippen LogP contribution in [0.2, 0.25) is 5.54 Å². The molecule has 0 radical (unpaired) electrons. The van der Waals surface area contributed by atoms with Gasteiger partial charge >= 0.3 is 8.80 Å². The highest BCUT2D eigenvalue weighted by Crippen LogP contribution is 2.34. The van der Waals surface area contributed by atoms with Crippen molar-refractivity contribution in [3.8, 4) is 0 Å². The molecule has 2 N–H and O–H groups in total. The van der Waals surface area contributed by atoms with E-state index < -0.39 is 8.80 Å². The van der Waals surface area contributed by atoms with Gasteiger partial charge in [0.25, 0.3) is 0 Å². The fourth-order valence-corrected chi connectivity index (χ4v) is 5.79. The van der Waals surface area contributed by atoms with Gasteiger partial charge in [-0.05, 0) is 40.5 Å². The van der Waals surface area contributed by atoms with Gasteiger partial charge in [0.1, 0.15) is 0 Å². The topological polar surface area (TPSA) is 53.7 Å². The van der Waals surface area contributed by atoms with Crippen LogP contribution in [0.15, 0.2) is 0 Å². The number of hydrogen-bond acceptors (Lipinski definition) is 4. The third kappa shape index (κ3) is 5.80. The van der Waals surface area contributed by atoms with E-state index in [1.165, 1.54) is 0 Å². The minimum atomic E-state index is -2.59. The first-order valence-electron chi connectivity index (χ1n) is 7.23. The summed E-state index contributed by atoms with van der Waals surface area (Å²) in [5.74, 6) is 0. The molecule has 0 aliphatic rings. The summed E-state index contributed by atoms with van der Waals surface area (Å²) < 4.78 is 17.9. The number of hydrogen-bond donors (Lipinski definition) is 1. The lowest BCUT2D eigenvalue weighted by Crippen LogP contribution is -2.51. The monoisotopic (exact) mass is 277 g/mol. The smallest absolute Gasteiger partial charge is 0.374 e. The Kier molecular flexibility index (Phi) is 9.95. The minimum absolute atomic E-state index is 0.148. The van der Waals surface area contributed by atoms with Crippen molar-refractivity contribution < 1.29 is 13.3 Å². The van der Waals surface area contributed by atoms with Crippen LogP contribution in [0.3, 0.4) is 0 Å². The van der Waals surface area contributed by atoms with Crippen molar-refractivity contribution >= 4 is 8.80 Å². The van der Waals surface area contributed by atoms with Crippen molar-refractivity contribution in [2.75, 3.05) is 19.8 Å². The normalized spacial score (nSPS) is 15.7. The third-order valence-corrected chi connectivity index (χ3v) is 6.43. The fraction of sp³-hybridized carbons (Fsp3) is 1.00. The van der Waals surface area contributed by atoms with Crippen molar-refractivity contribution in [2.24, 2.45) is 5.73 Å². The summed E-state index contributed by atoms with van der Waals surface area (Å²) in [4.78, 5) is 0. The maximum absolute atomic E-state index is 5.96. The molecule has 0 aromatic heterocycles. The van der Waals surface area contributed by atoms with E-state index in [0.29, 0.717) is 25.4 Å². The molecule has 0 spiro atoms. The summed E-state index contributed by atoms with van der Waals surface area (Å²) >= 11 is 0. The summed E-state index contributed by atoms with van der Waals surface area (Å²) in [5, 5.41) is 0. The highest BCUT2D eigenvalue weighted by Gasteiger charge is 2.48. The lowest BCUT2D eigenvalue weighted by atomic mass is 10.1. The van der Waals surface area contributed by atoms with Crippen molar-refractivity contribution in [1.29, 1.82) is 0 Å². The number of rotatable bonds is 11. The molecule has 0 aromatic carbocycles. The van der Waals surface area contributed by atoms with Gasteiger partial charge in [0.2, 0.25) is 0 Å². The van der Waals surface area contributed by atoms with Crippen LogP contribution in [0, 0.1) is 0 Å². The van der Waals surface area contributed by atoms with Crippen LogP contribution in [-0.4, -0.2) is 34.7 Å². The molecule has 0 aliphatic heterocycles. The van der Waals surface area contributed by atoms with Crippen molar-refractivity contribution in [3.05, 3.63) is 0 Å². The average molecular weight is 277 g/mol. The molecule has 0 aliphatic carbocycles. The van der Waals surface area contributed by atoms with Gasteiger partial charge in [-0.25, -0.2) is 0 Å². The summed E-state index contributed by atoms with van der Waals surface area (Å²) in [5.41, 5.74) is 6.27.